The Kier molecular flexibility index (Phi) is 7.02. The van der Waals surface area contributed by atoms with Gasteiger partial charge in [0.2, 0.25) is 5.91 Å². The third-order valence-corrected chi connectivity index (χ3v) is 3.74. The van der Waals surface area contributed by atoms with Crippen molar-refractivity contribution in [3.63, 3.8) is 0 Å². The van der Waals surface area contributed by atoms with Crippen LogP contribution < -0.4 is 20.1 Å². The zero-order valence-electron chi connectivity index (χ0n) is 15.3. The van der Waals surface area contributed by atoms with E-state index in [1.807, 2.05) is 37.3 Å². The maximum absolute atomic E-state index is 12.3. The molecular weight excluding hydrogens is 332 g/mol. The van der Waals surface area contributed by atoms with Crippen LogP contribution >= 0.6 is 0 Å². The van der Waals surface area contributed by atoms with Gasteiger partial charge in [-0.2, -0.15) is 0 Å². The van der Waals surface area contributed by atoms with E-state index in [-0.39, 0.29) is 11.8 Å². The SMILES string of the molecule is CCOc1ccc(CNC(=O)c2ccc(CNC(C)=O)cc2)cc1OC. The van der Waals surface area contributed by atoms with E-state index >= 15 is 0 Å². The van der Waals surface area contributed by atoms with Crippen molar-refractivity contribution < 1.29 is 19.1 Å². The van der Waals surface area contributed by atoms with Crippen LogP contribution in [0.1, 0.15) is 35.3 Å². The topological polar surface area (TPSA) is 76.7 Å². The van der Waals surface area contributed by atoms with Gasteiger partial charge >= 0.3 is 0 Å². The summed E-state index contributed by atoms with van der Waals surface area (Å²) in [6.07, 6.45) is 0. The van der Waals surface area contributed by atoms with Crippen LogP contribution in [0.5, 0.6) is 11.5 Å². The highest BCUT2D eigenvalue weighted by Crippen LogP contribution is 2.27. The number of hydrogen-bond donors (Lipinski definition) is 2. The molecule has 0 aliphatic heterocycles. The van der Waals surface area contributed by atoms with Crippen LogP contribution in [0.4, 0.5) is 0 Å². The lowest BCUT2D eigenvalue weighted by molar-refractivity contribution is -0.119. The Hall–Kier alpha value is -3.02. The third kappa shape index (κ3) is 5.51. The molecule has 2 N–H and O–H groups in total. The molecule has 0 heterocycles. The summed E-state index contributed by atoms with van der Waals surface area (Å²) < 4.78 is 10.8. The summed E-state index contributed by atoms with van der Waals surface area (Å²) in [5.41, 5.74) is 2.42. The van der Waals surface area contributed by atoms with Crippen LogP contribution in [0.15, 0.2) is 42.5 Å². The van der Waals surface area contributed by atoms with Gasteiger partial charge in [-0.1, -0.05) is 18.2 Å². The average molecular weight is 356 g/mol. The van der Waals surface area contributed by atoms with E-state index in [0.29, 0.717) is 36.8 Å². The zero-order chi connectivity index (χ0) is 18.9. The molecule has 0 radical (unpaired) electrons. The summed E-state index contributed by atoms with van der Waals surface area (Å²) in [5.74, 6) is 1.07. The molecule has 0 aliphatic rings. The smallest absolute Gasteiger partial charge is 0.251 e. The van der Waals surface area contributed by atoms with Crippen molar-refractivity contribution in [2.24, 2.45) is 0 Å². The van der Waals surface area contributed by atoms with E-state index in [2.05, 4.69) is 10.6 Å². The van der Waals surface area contributed by atoms with Crippen molar-refractivity contribution in [1.29, 1.82) is 0 Å². The second-order valence-electron chi connectivity index (χ2n) is 5.71. The van der Waals surface area contributed by atoms with Crippen LogP contribution in [0.25, 0.3) is 0 Å². The minimum Gasteiger partial charge on any atom is -0.493 e. The molecule has 6 nitrogen and oxygen atoms in total. The van der Waals surface area contributed by atoms with Gasteiger partial charge in [-0.25, -0.2) is 0 Å². The highest BCUT2D eigenvalue weighted by atomic mass is 16.5. The number of carbonyl (C=O) groups excluding carboxylic acids is 2. The first-order chi connectivity index (χ1) is 12.5. The molecule has 138 valence electrons. The van der Waals surface area contributed by atoms with Gasteiger partial charge in [0.25, 0.3) is 5.91 Å². The van der Waals surface area contributed by atoms with E-state index < -0.39 is 0 Å². The van der Waals surface area contributed by atoms with Crippen molar-refractivity contribution in [1.82, 2.24) is 10.6 Å². The van der Waals surface area contributed by atoms with E-state index in [0.717, 1.165) is 11.1 Å². The molecule has 2 aromatic carbocycles. The molecule has 2 amide bonds. The Morgan fingerprint density at radius 1 is 0.923 bits per heavy atom. The molecule has 26 heavy (non-hydrogen) atoms. The molecule has 0 aromatic heterocycles. The molecule has 0 saturated heterocycles. The van der Waals surface area contributed by atoms with Crippen LogP contribution in [0.2, 0.25) is 0 Å². The summed E-state index contributed by atoms with van der Waals surface area (Å²) in [5, 5.41) is 5.60. The van der Waals surface area contributed by atoms with Gasteiger partial charge < -0.3 is 20.1 Å². The molecule has 0 spiro atoms. The fraction of sp³-hybridized carbons (Fsp3) is 0.300. The molecule has 0 aliphatic carbocycles. The molecule has 2 rings (SSSR count). The monoisotopic (exact) mass is 356 g/mol. The molecule has 0 fully saturated rings. The second-order valence-corrected chi connectivity index (χ2v) is 5.71. The Bertz CT molecular complexity index is 757. The molecule has 6 heteroatoms. The van der Waals surface area contributed by atoms with Gasteiger partial charge in [0.05, 0.1) is 13.7 Å². The lowest BCUT2D eigenvalue weighted by Crippen LogP contribution is -2.23. The first-order valence-electron chi connectivity index (χ1n) is 8.44. The van der Waals surface area contributed by atoms with Crippen molar-refractivity contribution >= 4 is 11.8 Å². The second kappa shape index (κ2) is 9.46. The standard InChI is InChI=1S/C20H24N2O4/c1-4-26-18-10-7-16(11-19(18)25-3)13-22-20(24)17-8-5-15(6-9-17)12-21-14(2)23/h5-11H,4,12-13H2,1-3H3,(H,21,23)(H,22,24). The Balaban J connectivity index is 1.94. The summed E-state index contributed by atoms with van der Waals surface area (Å²) in [6.45, 7) is 4.77. The maximum Gasteiger partial charge on any atom is 0.251 e. The van der Waals surface area contributed by atoms with Gasteiger partial charge in [-0.15, -0.1) is 0 Å². The van der Waals surface area contributed by atoms with Gasteiger partial charge in [0.1, 0.15) is 0 Å². The fourth-order valence-corrected chi connectivity index (χ4v) is 2.38. The number of hydrogen-bond acceptors (Lipinski definition) is 4. The van der Waals surface area contributed by atoms with Crippen molar-refractivity contribution in [2.75, 3.05) is 13.7 Å². The minimum atomic E-state index is -0.163. The molecule has 0 saturated carbocycles. The Morgan fingerprint density at radius 3 is 2.19 bits per heavy atom. The number of rotatable bonds is 8. The van der Waals surface area contributed by atoms with E-state index in [4.69, 9.17) is 9.47 Å². The lowest BCUT2D eigenvalue weighted by Gasteiger charge is -2.12. The first kappa shape index (κ1) is 19.3. The first-order valence-corrected chi connectivity index (χ1v) is 8.44. The summed E-state index contributed by atoms with van der Waals surface area (Å²) >= 11 is 0. The van der Waals surface area contributed by atoms with Crippen molar-refractivity contribution in [3.05, 3.63) is 59.2 Å². The predicted octanol–water partition coefficient (Wildman–Crippen LogP) is 2.66. The van der Waals surface area contributed by atoms with E-state index in [1.54, 1.807) is 19.2 Å². The quantitative estimate of drug-likeness (QED) is 0.762. The maximum atomic E-state index is 12.3. The molecular formula is C20H24N2O4. The summed E-state index contributed by atoms with van der Waals surface area (Å²) in [4.78, 5) is 23.2. The molecule has 0 unspecified atom stereocenters. The van der Waals surface area contributed by atoms with E-state index in [1.165, 1.54) is 6.92 Å². The number of nitrogens with one attached hydrogen (secondary N) is 2. The van der Waals surface area contributed by atoms with Gasteiger partial charge in [-0.05, 0) is 42.3 Å². The van der Waals surface area contributed by atoms with Gasteiger partial charge in [0, 0.05) is 25.6 Å². The van der Waals surface area contributed by atoms with Gasteiger partial charge in [0.15, 0.2) is 11.5 Å². The number of benzene rings is 2. The minimum absolute atomic E-state index is 0.0856. The van der Waals surface area contributed by atoms with Crippen LogP contribution in [0, 0.1) is 0 Å². The normalized spacial score (nSPS) is 10.1. The van der Waals surface area contributed by atoms with Crippen LogP contribution in [-0.2, 0) is 17.9 Å². The van der Waals surface area contributed by atoms with Crippen LogP contribution in [-0.4, -0.2) is 25.5 Å². The number of amides is 2. The van der Waals surface area contributed by atoms with Crippen molar-refractivity contribution in [2.45, 2.75) is 26.9 Å². The number of carbonyl (C=O) groups is 2. The predicted molar refractivity (Wildman–Crippen MR) is 99.3 cm³/mol. The zero-order valence-corrected chi connectivity index (χ0v) is 15.3. The summed E-state index contributed by atoms with van der Waals surface area (Å²) in [7, 11) is 1.59. The van der Waals surface area contributed by atoms with Crippen LogP contribution in [0.3, 0.4) is 0 Å². The number of ether oxygens (including phenoxy) is 2. The Morgan fingerprint density at radius 2 is 1.58 bits per heavy atom. The van der Waals surface area contributed by atoms with E-state index in [9.17, 15) is 9.59 Å². The highest BCUT2D eigenvalue weighted by Gasteiger charge is 2.08. The fourth-order valence-electron chi connectivity index (χ4n) is 2.38. The molecule has 0 atom stereocenters. The average Bonchev–Trinajstić information content (AvgIpc) is 2.65. The molecule has 2 aromatic rings. The van der Waals surface area contributed by atoms with Gasteiger partial charge in [-0.3, -0.25) is 9.59 Å². The van der Waals surface area contributed by atoms with Crippen molar-refractivity contribution in [3.8, 4) is 11.5 Å². The number of methoxy groups -OCH3 is 1. The summed E-state index contributed by atoms with van der Waals surface area (Å²) in [6, 6.07) is 12.7. The third-order valence-electron chi connectivity index (χ3n) is 3.74. The Labute approximate surface area is 153 Å². The molecule has 0 bridgehead atoms. The highest BCUT2D eigenvalue weighted by molar-refractivity contribution is 5.94. The lowest BCUT2D eigenvalue weighted by atomic mass is 10.1. The largest absolute Gasteiger partial charge is 0.493 e.